The van der Waals surface area contributed by atoms with Gasteiger partial charge in [-0.3, -0.25) is 0 Å². The lowest BCUT2D eigenvalue weighted by Crippen LogP contribution is -2.02. The molecule has 0 unspecified atom stereocenters. The smallest absolute Gasteiger partial charge is 0.337 e. The molecule has 0 spiro atoms. The monoisotopic (exact) mass is 341 g/mol. The van der Waals surface area contributed by atoms with Crippen molar-refractivity contribution in [3.05, 3.63) is 25.7 Å². The Morgan fingerprint density at radius 2 is 2.17 bits per heavy atom. The number of anilines is 1. The highest BCUT2D eigenvalue weighted by atomic mass is 127. The number of halogens is 2. The number of hydrogen-bond acceptors (Lipinski definition) is 2. The molecule has 64 valence electrons. The highest BCUT2D eigenvalue weighted by Crippen LogP contribution is 2.24. The van der Waals surface area contributed by atoms with Crippen LogP contribution in [-0.2, 0) is 0 Å². The van der Waals surface area contributed by atoms with E-state index in [9.17, 15) is 4.79 Å². The lowest BCUT2D eigenvalue weighted by atomic mass is 10.2. The van der Waals surface area contributed by atoms with Crippen LogP contribution in [-0.4, -0.2) is 11.1 Å². The molecular formula is C7H5BrINO2. The van der Waals surface area contributed by atoms with Crippen LogP contribution < -0.4 is 5.73 Å². The van der Waals surface area contributed by atoms with Crippen LogP contribution in [0.15, 0.2) is 16.6 Å². The second-order valence-electron chi connectivity index (χ2n) is 2.16. The van der Waals surface area contributed by atoms with Crippen LogP contribution in [0.5, 0.6) is 0 Å². The summed E-state index contributed by atoms with van der Waals surface area (Å²) in [6.45, 7) is 0. The second kappa shape index (κ2) is 3.61. The largest absolute Gasteiger partial charge is 0.478 e. The molecule has 12 heavy (non-hydrogen) atoms. The molecule has 0 heterocycles. The van der Waals surface area contributed by atoms with Crippen LogP contribution in [0.3, 0.4) is 0 Å². The first kappa shape index (κ1) is 9.79. The van der Waals surface area contributed by atoms with E-state index < -0.39 is 5.97 Å². The van der Waals surface area contributed by atoms with Gasteiger partial charge in [0.05, 0.1) is 5.56 Å². The van der Waals surface area contributed by atoms with Gasteiger partial charge in [-0.25, -0.2) is 4.79 Å². The molecule has 0 fully saturated rings. The molecule has 0 saturated carbocycles. The van der Waals surface area contributed by atoms with Crippen molar-refractivity contribution < 1.29 is 9.90 Å². The van der Waals surface area contributed by atoms with E-state index in [1.807, 2.05) is 0 Å². The first-order chi connectivity index (χ1) is 5.52. The number of carboxylic acid groups (broad SMARTS) is 1. The van der Waals surface area contributed by atoms with Gasteiger partial charge in [0.25, 0.3) is 0 Å². The van der Waals surface area contributed by atoms with Crippen LogP contribution in [0, 0.1) is 3.57 Å². The number of hydrogen-bond donors (Lipinski definition) is 2. The van der Waals surface area contributed by atoms with Crippen LogP contribution >= 0.6 is 38.5 Å². The Morgan fingerprint density at radius 1 is 1.58 bits per heavy atom. The van der Waals surface area contributed by atoms with Crippen LogP contribution in [0.1, 0.15) is 10.4 Å². The van der Waals surface area contributed by atoms with Gasteiger partial charge in [0.1, 0.15) is 0 Å². The van der Waals surface area contributed by atoms with Gasteiger partial charge in [-0.1, -0.05) is 0 Å². The van der Waals surface area contributed by atoms with E-state index in [4.69, 9.17) is 10.8 Å². The number of aromatic carboxylic acids is 1. The Balaban J connectivity index is 3.33. The predicted octanol–water partition coefficient (Wildman–Crippen LogP) is 2.33. The number of nitrogens with two attached hydrogens (primary N) is 1. The van der Waals surface area contributed by atoms with Crippen molar-refractivity contribution >= 4 is 50.2 Å². The Kier molecular flexibility index (Phi) is 2.94. The molecule has 0 amide bonds. The van der Waals surface area contributed by atoms with Crippen molar-refractivity contribution in [3.8, 4) is 0 Å². The van der Waals surface area contributed by atoms with Gasteiger partial charge in [-0.05, 0) is 50.7 Å². The SMILES string of the molecule is Nc1cc(I)c(Br)cc1C(=O)O. The lowest BCUT2D eigenvalue weighted by molar-refractivity contribution is 0.0698. The molecule has 0 aliphatic rings. The summed E-state index contributed by atoms with van der Waals surface area (Å²) in [5.74, 6) is -1.01. The topological polar surface area (TPSA) is 63.3 Å². The molecule has 0 aliphatic heterocycles. The molecule has 0 aromatic heterocycles. The van der Waals surface area contributed by atoms with Crippen LogP contribution in [0.2, 0.25) is 0 Å². The van der Waals surface area contributed by atoms with Gasteiger partial charge < -0.3 is 10.8 Å². The van der Waals surface area contributed by atoms with E-state index in [-0.39, 0.29) is 11.3 Å². The predicted molar refractivity (Wildman–Crippen MR) is 58.2 cm³/mol. The zero-order chi connectivity index (χ0) is 9.30. The summed E-state index contributed by atoms with van der Waals surface area (Å²) >= 11 is 5.29. The number of benzene rings is 1. The van der Waals surface area contributed by atoms with E-state index in [0.29, 0.717) is 0 Å². The molecule has 3 nitrogen and oxygen atoms in total. The van der Waals surface area contributed by atoms with E-state index in [0.717, 1.165) is 8.04 Å². The van der Waals surface area contributed by atoms with Gasteiger partial charge in [-0.2, -0.15) is 0 Å². The summed E-state index contributed by atoms with van der Waals surface area (Å²) in [5, 5.41) is 8.68. The highest BCUT2D eigenvalue weighted by Gasteiger charge is 2.09. The summed E-state index contributed by atoms with van der Waals surface area (Å²) in [6, 6.07) is 3.12. The Labute approximate surface area is 91.2 Å². The molecule has 1 aromatic rings. The number of carbonyl (C=O) groups is 1. The van der Waals surface area contributed by atoms with Crippen LogP contribution in [0.4, 0.5) is 5.69 Å². The Morgan fingerprint density at radius 3 is 2.67 bits per heavy atom. The van der Waals surface area contributed by atoms with Crippen molar-refractivity contribution in [2.75, 3.05) is 5.73 Å². The average Bonchev–Trinajstić information content (AvgIpc) is 1.96. The zero-order valence-electron chi connectivity index (χ0n) is 5.84. The summed E-state index contributed by atoms with van der Waals surface area (Å²) in [6.07, 6.45) is 0. The Bertz CT molecular complexity index is 340. The van der Waals surface area contributed by atoms with E-state index in [1.54, 1.807) is 6.07 Å². The van der Waals surface area contributed by atoms with Gasteiger partial charge in [0.15, 0.2) is 0 Å². The number of carboxylic acids is 1. The van der Waals surface area contributed by atoms with E-state index in [1.165, 1.54) is 6.07 Å². The molecule has 0 radical (unpaired) electrons. The molecule has 0 aliphatic carbocycles. The van der Waals surface area contributed by atoms with E-state index >= 15 is 0 Å². The molecule has 0 atom stereocenters. The minimum Gasteiger partial charge on any atom is -0.478 e. The van der Waals surface area contributed by atoms with E-state index in [2.05, 4.69) is 38.5 Å². The fourth-order valence-corrected chi connectivity index (χ4v) is 1.58. The number of nitrogen functional groups attached to an aromatic ring is 1. The van der Waals surface area contributed by atoms with Crippen molar-refractivity contribution in [3.63, 3.8) is 0 Å². The fraction of sp³-hybridized carbons (Fsp3) is 0. The quantitative estimate of drug-likeness (QED) is 0.608. The third kappa shape index (κ3) is 1.89. The summed E-state index contributed by atoms with van der Waals surface area (Å²) in [5.41, 5.74) is 5.90. The van der Waals surface area contributed by atoms with Crippen LogP contribution in [0.25, 0.3) is 0 Å². The lowest BCUT2D eigenvalue weighted by Gasteiger charge is -2.02. The van der Waals surface area contributed by atoms with Gasteiger partial charge in [-0.15, -0.1) is 0 Å². The van der Waals surface area contributed by atoms with Crippen molar-refractivity contribution in [2.45, 2.75) is 0 Å². The van der Waals surface area contributed by atoms with Gasteiger partial charge >= 0.3 is 5.97 Å². The second-order valence-corrected chi connectivity index (χ2v) is 4.18. The maximum atomic E-state index is 10.6. The fourth-order valence-electron chi connectivity index (χ4n) is 0.747. The molecule has 3 N–H and O–H groups in total. The summed E-state index contributed by atoms with van der Waals surface area (Å²) < 4.78 is 1.64. The van der Waals surface area contributed by atoms with Crippen molar-refractivity contribution in [1.82, 2.24) is 0 Å². The first-order valence-corrected chi connectivity index (χ1v) is 4.87. The molecular weight excluding hydrogens is 337 g/mol. The average molecular weight is 342 g/mol. The number of rotatable bonds is 1. The summed E-state index contributed by atoms with van der Waals surface area (Å²) in [4.78, 5) is 10.6. The molecule has 0 saturated heterocycles. The minimum absolute atomic E-state index is 0.127. The van der Waals surface area contributed by atoms with Gasteiger partial charge in [0, 0.05) is 13.7 Å². The molecule has 1 rings (SSSR count). The molecule has 1 aromatic carbocycles. The molecule has 0 bridgehead atoms. The van der Waals surface area contributed by atoms with Crippen molar-refractivity contribution in [1.29, 1.82) is 0 Å². The summed E-state index contributed by atoms with van der Waals surface area (Å²) in [7, 11) is 0. The first-order valence-electron chi connectivity index (χ1n) is 3.00. The zero-order valence-corrected chi connectivity index (χ0v) is 9.59. The Hall–Kier alpha value is -0.300. The highest BCUT2D eigenvalue weighted by molar-refractivity contribution is 14.1. The minimum atomic E-state index is -1.01. The van der Waals surface area contributed by atoms with Gasteiger partial charge in [0.2, 0.25) is 0 Å². The maximum Gasteiger partial charge on any atom is 0.337 e. The maximum absolute atomic E-state index is 10.6. The normalized spacial score (nSPS) is 9.83. The third-order valence-electron chi connectivity index (χ3n) is 1.32. The molecule has 5 heteroatoms. The third-order valence-corrected chi connectivity index (χ3v) is 3.61. The van der Waals surface area contributed by atoms with Crippen molar-refractivity contribution in [2.24, 2.45) is 0 Å². The standard InChI is InChI=1S/C7H5BrINO2/c8-4-1-3(7(11)12)6(10)2-5(4)9/h1-2H,10H2,(H,11,12).